The Labute approximate surface area is 235 Å². The lowest BCUT2D eigenvalue weighted by Gasteiger charge is -2.25. The van der Waals surface area contributed by atoms with Crippen LogP contribution >= 0.6 is 0 Å². The van der Waals surface area contributed by atoms with E-state index >= 15 is 0 Å². The number of carboxylic acids is 1. The Bertz CT molecular complexity index is 1130. The van der Waals surface area contributed by atoms with Gasteiger partial charge in [0.2, 0.25) is 0 Å². The largest absolute Gasteiger partial charge is 0.492 e. The van der Waals surface area contributed by atoms with Crippen molar-refractivity contribution in [3.63, 3.8) is 0 Å². The van der Waals surface area contributed by atoms with Gasteiger partial charge < -0.3 is 29.5 Å². The molecule has 8 nitrogen and oxygen atoms in total. The van der Waals surface area contributed by atoms with Crippen LogP contribution in [0.2, 0.25) is 0 Å². The van der Waals surface area contributed by atoms with Crippen molar-refractivity contribution in [1.82, 2.24) is 4.90 Å². The number of nitrogens with one attached hydrogen (secondary N) is 1. The van der Waals surface area contributed by atoms with E-state index in [4.69, 9.17) is 9.47 Å². The lowest BCUT2D eigenvalue weighted by atomic mass is 10.1. The fraction of sp³-hybridized carbons (Fsp3) is 0.500. The first-order chi connectivity index (χ1) is 19.1. The van der Waals surface area contributed by atoms with E-state index in [0.29, 0.717) is 17.0 Å². The molecule has 1 unspecified atom stereocenters. The summed E-state index contributed by atoms with van der Waals surface area (Å²) in [5.74, 6) is -0.648. The molecule has 0 aliphatic carbocycles. The predicted molar refractivity (Wildman–Crippen MR) is 142 cm³/mol. The highest BCUT2D eigenvalue weighted by Gasteiger charge is 2.59. The van der Waals surface area contributed by atoms with Crippen molar-refractivity contribution in [2.24, 2.45) is 0 Å². The number of halogens is 5. The molecule has 0 heterocycles. The number of carboxylic acid groups (broad SMARTS) is 1. The van der Waals surface area contributed by atoms with Crippen molar-refractivity contribution in [2.45, 2.75) is 58.9 Å². The van der Waals surface area contributed by atoms with Gasteiger partial charge in [0, 0.05) is 25.3 Å². The van der Waals surface area contributed by atoms with Gasteiger partial charge in [0.25, 0.3) is 0 Å². The topological polar surface area (TPSA) is 97.3 Å². The summed E-state index contributed by atoms with van der Waals surface area (Å²) in [6.07, 6.45) is -12.3. The maximum Gasteiger partial charge on any atom is 0.482 e. The predicted octanol–water partition coefficient (Wildman–Crippen LogP) is 6.12. The summed E-state index contributed by atoms with van der Waals surface area (Å²) in [6.45, 7) is 6.34. The van der Waals surface area contributed by atoms with E-state index < -0.39 is 37.0 Å². The van der Waals surface area contributed by atoms with Gasteiger partial charge in [-0.2, -0.15) is 22.0 Å². The monoisotopic (exact) mass is 590 g/mol. The number of urea groups is 1. The molecule has 2 N–H and O–H groups in total. The summed E-state index contributed by atoms with van der Waals surface area (Å²) in [4.78, 5) is 25.6. The average Bonchev–Trinajstić information content (AvgIpc) is 2.87. The Balaban J connectivity index is 2.04. The molecule has 2 aromatic carbocycles. The van der Waals surface area contributed by atoms with Crippen LogP contribution in [0.5, 0.6) is 5.75 Å². The number of hydrogen-bond acceptors (Lipinski definition) is 5. The Kier molecular flexibility index (Phi) is 12.3. The van der Waals surface area contributed by atoms with Crippen molar-refractivity contribution in [2.75, 3.05) is 38.2 Å². The fourth-order valence-corrected chi connectivity index (χ4v) is 4.04. The van der Waals surface area contributed by atoms with E-state index in [9.17, 15) is 36.6 Å². The number of rotatable bonds is 15. The van der Waals surface area contributed by atoms with Crippen LogP contribution in [0.1, 0.15) is 35.6 Å². The number of amides is 2. The molecule has 41 heavy (non-hydrogen) atoms. The number of ether oxygens (including phenoxy) is 3. The van der Waals surface area contributed by atoms with E-state index in [-0.39, 0.29) is 39.1 Å². The quantitative estimate of drug-likeness (QED) is 0.192. The Hall–Kier alpha value is -3.45. The van der Waals surface area contributed by atoms with Crippen LogP contribution in [0.4, 0.5) is 32.4 Å². The number of aryl methyl sites for hydroxylation is 3. The van der Waals surface area contributed by atoms with Crippen LogP contribution in [-0.2, 0) is 20.7 Å². The molecule has 0 radical (unpaired) electrons. The zero-order valence-electron chi connectivity index (χ0n) is 23.3. The van der Waals surface area contributed by atoms with Gasteiger partial charge >= 0.3 is 24.3 Å². The standard InChI is InChI=1S/C28H35F5N2O6/c1-5-39-23(25(36)37)17-21-7-9-22(10-8-21)40-14-12-35(11-6-13-41-28(32,33)27(29,30)31)26(38)34-24-19(3)15-18(2)16-20(24)4/h7-10,15-16,23H,5-6,11-14,17H2,1-4H3,(H,34,38)(H,36,37). The lowest BCUT2D eigenvalue weighted by Crippen LogP contribution is -2.41. The summed E-state index contributed by atoms with van der Waals surface area (Å²) in [6, 6.07) is 9.76. The zero-order chi connectivity index (χ0) is 30.8. The third-order valence-electron chi connectivity index (χ3n) is 6.00. The van der Waals surface area contributed by atoms with E-state index in [1.165, 1.54) is 4.90 Å². The maximum absolute atomic E-state index is 13.1. The minimum Gasteiger partial charge on any atom is -0.492 e. The van der Waals surface area contributed by atoms with Gasteiger partial charge in [-0.3, -0.25) is 0 Å². The van der Waals surface area contributed by atoms with Gasteiger partial charge in [0.15, 0.2) is 6.10 Å². The summed E-state index contributed by atoms with van der Waals surface area (Å²) < 4.78 is 78.0. The smallest absolute Gasteiger partial charge is 0.482 e. The second-order valence-corrected chi connectivity index (χ2v) is 9.39. The first-order valence-electron chi connectivity index (χ1n) is 12.9. The Morgan fingerprint density at radius 3 is 2.12 bits per heavy atom. The SMILES string of the molecule is CCOC(Cc1ccc(OCCN(CCCOC(F)(F)C(F)(F)F)C(=O)Nc2c(C)cc(C)cc2C)cc1)C(=O)O. The van der Waals surface area contributed by atoms with Crippen LogP contribution in [0.25, 0.3) is 0 Å². The van der Waals surface area contributed by atoms with Gasteiger partial charge in [-0.05, 0) is 62.9 Å². The van der Waals surface area contributed by atoms with Crippen LogP contribution < -0.4 is 10.1 Å². The molecule has 0 aliphatic rings. The zero-order valence-corrected chi connectivity index (χ0v) is 23.3. The number of hydrogen-bond donors (Lipinski definition) is 2. The molecule has 0 saturated carbocycles. The second-order valence-electron chi connectivity index (χ2n) is 9.39. The summed E-state index contributed by atoms with van der Waals surface area (Å²) >= 11 is 0. The van der Waals surface area contributed by atoms with E-state index in [0.717, 1.165) is 16.7 Å². The molecule has 0 fully saturated rings. The number of carbonyl (C=O) groups excluding carboxylic acids is 1. The van der Waals surface area contributed by atoms with Crippen LogP contribution in [0, 0.1) is 20.8 Å². The molecule has 0 aliphatic heterocycles. The minimum atomic E-state index is -5.84. The molecule has 2 aromatic rings. The van der Waals surface area contributed by atoms with Crippen LogP contribution in [-0.4, -0.2) is 73.3 Å². The van der Waals surface area contributed by atoms with Crippen molar-refractivity contribution in [1.29, 1.82) is 0 Å². The maximum atomic E-state index is 13.1. The first kappa shape index (κ1) is 33.8. The molecular formula is C28H35F5N2O6. The molecule has 1 atom stereocenters. The second kappa shape index (κ2) is 15.0. The first-order valence-corrected chi connectivity index (χ1v) is 12.9. The molecule has 0 aromatic heterocycles. The average molecular weight is 591 g/mol. The minimum absolute atomic E-state index is 0.0152. The van der Waals surface area contributed by atoms with E-state index in [1.807, 2.05) is 32.9 Å². The Morgan fingerprint density at radius 1 is 0.976 bits per heavy atom. The number of carbonyl (C=O) groups is 2. The van der Waals surface area contributed by atoms with Crippen LogP contribution in [0.3, 0.4) is 0 Å². The van der Waals surface area contributed by atoms with Gasteiger partial charge in [0.05, 0.1) is 13.2 Å². The third kappa shape index (κ3) is 10.5. The molecule has 2 amide bonds. The van der Waals surface area contributed by atoms with Gasteiger partial charge in [-0.1, -0.05) is 29.8 Å². The summed E-state index contributed by atoms with van der Waals surface area (Å²) in [5.41, 5.74) is 3.87. The van der Waals surface area contributed by atoms with E-state index in [1.54, 1.807) is 31.2 Å². The third-order valence-corrected chi connectivity index (χ3v) is 6.00. The molecule has 2 rings (SSSR count). The molecular weight excluding hydrogens is 555 g/mol. The molecule has 228 valence electrons. The van der Waals surface area contributed by atoms with Crippen molar-refractivity contribution in [3.05, 3.63) is 58.7 Å². The number of nitrogens with zero attached hydrogens (tertiary/aromatic N) is 1. The molecule has 0 bridgehead atoms. The summed E-state index contributed by atoms with van der Waals surface area (Å²) in [7, 11) is 0. The number of aliphatic carboxylic acids is 1. The molecule has 13 heteroatoms. The van der Waals surface area contributed by atoms with Gasteiger partial charge in [0.1, 0.15) is 12.4 Å². The lowest BCUT2D eigenvalue weighted by molar-refractivity contribution is -0.391. The van der Waals surface area contributed by atoms with Crippen molar-refractivity contribution in [3.8, 4) is 5.75 Å². The highest BCUT2D eigenvalue weighted by molar-refractivity contribution is 5.91. The van der Waals surface area contributed by atoms with Crippen molar-refractivity contribution < 1.29 is 50.9 Å². The summed E-state index contributed by atoms with van der Waals surface area (Å²) in [5, 5.41) is 12.0. The number of benzene rings is 2. The van der Waals surface area contributed by atoms with E-state index in [2.05, 4.69) is 10.1 Å². The van der Waals surface area contributed by atoms with Gasteiger partial charge in [-0.15, -0.1) is 0 Å². The highest BCUT2D eigenvalue weighted by atomic mass is 19.4. The highest BCUT2D eigenvalue weighted by Crippen LogP contribution is 2.36. The number of anilines is 1. The van der Waals surface area contributed by atoms with Crippen molar-refractivity contribution >= 4 is 17.7 Å². The van der Waals surface area contributed by atoms with Gasteiger partial charge in [-0.25, -0.2) is 9.59 Å². The molecule has 0 saturated heterocycles. The number of alkyl halides is 5. The van der Waals surface area contributed by atoms with Crippen LogP contribution in [0.15, 0.2) is 36.4 Å². The fourth-order valence-electron chi connectivity index (χ4n) is 4.04. The normalized spacial score (nSPS) is 12.6. The Morgan fingerprint density at radius 2 is 1.59 bits per heavy atom. The molecule has 0 spiro atoms.